The fraction of sp³-hybridized carbons (Fsp3) is 0.833. The van der Waals surface area contributed by atoms with Crippen molar-refractivity contribution < 1.29 is 9.59 Å². The molecule has 2 N–H and O–H groups in total. The van der Waals surface area contributed by atoms with Gasteiger partial charge in [-0.15, -0.1) is 0 Å². The minimum Gasteiger partial charge on any atom is -0.370 e. The second-order valence-electron chi connectivity index (χ2n) is 4.55. The van der Waals surface area contributed by atoms with Gasteiger partial charge in [-0.1, -0.05) is 27.2 Å². The number of amides is 2. The van der Waals surface area contributed by atoms with E-state index in [9.17, 15) is 9.59 Å². The van der Waals surface area contributed by atoms with Crippen molar-refractivity contribution in [2.24, 2.45) is 11.7 Å². The van der Waals surface area contributed by atoms with Crippen molar-refractivity contribution in [2.45, 2.75) is 46.5 Å². The lowest BCUT2D eigenvalue weighted by atomic mass is 10.1. The SMILES string of the molecule is CCCCN(CC(C)C)C(=O)CCC(N)=O. The van der Waals surface area contributed by atoms with Crippen LogP contribution in [0.25, 0.3) is 0 Å². The quantitative estimate of drug-likeness (QED) is 0.685. The molecule has 2 amide bonds. The highest BCUT2D eigenvalue weighted by Crippen LogP contribution is 2.05. The van der Waals surface area contributed by atoms with Gasteiger partial charge in [0.2, 0.25) is 11.8 Å². The topological polar surface area (TPSA) is 63.4 Å². The standard InChI is InChI=1S/C12H24N2O2/c1-4-5-8-14(9-10(2)3)12(16)7-6-11(13)15/h10H,4-9H2,1-3H3,(H2,13,15). The molecule has 0 heterocycles. The fourth-order valence-corrected chi connectivity index (χ4v) is 1.50. The zero-order valence-electron chi connectivity index (χ0n) is 10.7. The highest BCUT2D eigenvalue weighted by molar-refractivity contribution is 5.82. The number of nitrogens with zero attached hydrogens (tertiary/aromatic N) is 1. The molecule has 0 bridgehead atoms. The van der Waals surface area contributed by atoms with Crippen molar-refractivity contribution in [2.75, 3.05) is 13.1 Å². The molecule has 0 saturated heterocycles. The van der Waals surface area contributed by atoms with Crippen molar-refractivity contribution in [3.05, 3.63) is 0 Å². The van der Waals surface area contributed by atoms with E-state index in [-0.39, 0.29) is 18.7 Å². The third-order valence-electron chi connectivity index (χ3n) is 2.31. The molecule has 4 nitrogen and oxygen atoms in total. The Morgan fingerprint density at radius 3 is 2.31 bits per heavy atom. The number of hydrogen-bond acceptors (Lipinski definition) is 2. The van der Waals surface area contributed by atoms with E-state index in [1.807, 2.05) is 4.90 Å². The van der Waals surface area contributed by atoms with Gasteiger partial charge in [0, 0.05) is 25.9 Å². The van der Waals surface area contributed by atoms with Crippen LogP contribution in [0, 0.1) is 5.92 Å². The Bertz CT molecular complexity index is 227. The summed E-state index contributed by atoms with van der Waals surface area (Å²) in [6.45, 7) is 7.81. The number of unbranched alkanes of at least 4 members (excludes halogenated alkanes) is 1. The molecular weight excluding hydrogens is 204 g/mol. The molecule has 0 unspecified atom stereocenters. The normalized spacial score (nSPS) is 10.5. The second-order valence-corrected chi connectivity index (χ2v) is 4.55. The molecule has 0 fully saturated rings. The number of rotatable bonds is 8. The third kappa shape index (κ3) is 7.26. The van der Waals surface area contributed by atoms with Gasteiger partial charge in [0.1, 0.15) is 0 Å². The molecule has 0 saturated carbocycles. The van der Waals surface area contributed by atoms with Gasteiger partial charge in [-0.3, -0.25) is 9.59 Å². The number of carbonyl (C=O) groups is 2. The summed E-state index contributed by atoms with van der Waals surface area (Å²) in [6, 6.07) is 0. The van der Waals surface area contributed by atoms with Gasteiger partial charge in [0.05, 0.1) is 0 Å². The lowest BCUT2D eigenvalue weighted by Gasteiger charge is -2.24. The van der Waals surface area contributed by atoms with Gasteiger partial charge in [-0.2, -0.15) is 0 Å². The Balaban J connectivity index is 4.14. The van der Waals surface area contributed by atoms with E-state index in [4.69, 9.17) is 5.73 Å². The average molecular weight is 228 g/mol. The first kappa shape index (κ1) is 14.9. The minimum absolute atomic E-state index is 0.0425. The maximum atomic E-state index is 11.8. The lowest BCUT2D eigenvalue weighted by molar-refractivity contribution is -0.133. The van der Waals surface area contributed by atoms with E-state index >= 15 is 0 Å². The summed E-state index contributed by atoms with van der Waals surface area (Å²) in [7, 11) is 0. The summed E-state index contributed by atoms with van der Waals surface area (Å²) in [6.07, 6.45) is 2.47. The van der Waals surface area contributed by atoms with Gasteiger partial charge in [0.15, 0.2) is 0 Å². The molecule has 0 rings (SSSR count). The molecule has 0 aromatic rings. The van der Waals surface area contributed by atoms with E-state index in [1.165, 1.54) is 0 Å². The molecular formula is C12H24N2O2. The van der Waals surface area contributed by atoms with Crippen LogP contribution in [0.3, 0.4) is 0 Å². The lowest BCUT2D eigenvalue weighted by Crippen LogP contribution is -2.35. The van der Waals surface area contributed by atoms with Gasteiger partial charge in [-0.05, 0) is 12.3 Å². The molecule has 0 aliphatic rings. The van der Waals surface area contributed by atoms with Crippen LogP contribution < -0.4 is 5.73 Å². The van der Waals surface area contributed by atoms with Crippen LogP contribution in [-0.4, -0.2) is 29.8 Å². The van der Waals surface area contributed by atoms with Crippen LogP contribution in [0.15, 0.2) is 0 Å². The van der Waals surface area contributed by atoms with E-state index < -0.39 is 5.91 Å². The maximum absolute atomic E-state index is 11.8. The summed E-state index contributed by atoms with van der Waals surface area (Å²) < 4.78 is 0. The molecule has 0 aliphatic carbocycles. The van der Waals surface area contributed by atoms with Crippen LogP contribution >= 0.6 is 0 Å². The number of nitrogens with two attached hydrogens (primary N) is 1. The second kappa shape index (κ2) is 8.13. The summed E-state index contributed by atoms with van der Waals surface area (Å²) in [5.41, 5.74) is 5.03. The number of hydrogen-bond donors (Lipinski definition) is 1. The largest absolute Gasteiger partial charge is 0.370 e. The molecule has 0 atom stereocenters. The Morgan fingerprint density at radius 2 is 1.88 bits per heavy atom. The average Bonchev–Trinajstić information content (AvgIpc) is 2.20. The van der Waals surface area contributed by atoms with E-state index in [0.29, 0.717) is 5.92 Å². The van der Waals surface area contributed by atoms with Crippen molar-refractivity contribution >= 4 is 11.8 Å². The Hall–Kier alpha value is -1.06. The molecule has 0 spiro atoms. The summed E-state index contributed by atoms with van der Waals surface area (Å²) in [4.78, 5) is 24.3. The smallest absolute Gasteiger partial charge is 0.223 e. The first-order chi connectivity index (χ1) is 7.47. The minimum atomic E-state index is -0.409. The zero-order valence-corrected chi connectivity index (χ0v) is 10.7. The number of carbonyl (C=O) groups excluding carboxylic acids is 2. The summed E-state index contributed by atoms with van der Waals surface area (Å²) in [5, 5.41) is 0. The first-order valence-electron chi connectivity index (χ1n) is 6.03. The van der Waals surface area contributed by atoms with Crippen molar-refractivity contribution in [1.29, 1.82) is 0 Å². The Labute approximate surface area is 98.2 Å². The fourth-order valence-electron chi connectivity index (χ4n) is 1.50. The monoisotopic (exact) mass is 228 g/mol. The van der Waals surface area contributed by atoms with E-state index in [0.717, 1.165) is 25.9 Å². The van der Waals surface area contributed by atoms with Gasteiger partial charge >= 0.3 is 0 Å². The highest BCUT2D eigenvalue weighted by Gasteiger charge is 2.14. The van der Waals surface area contributed by atoms with Gasteiger partial charge < -0.3 is 10.6 Å². The van der Waals surface area contributed by atoms with Gasteiger partial charge in [-0.25, -0.2) is 0 Å². The first-order valence-corrected chi connectivity index (χ1v) is 6.03. The van der Waals surface area contributed by atoms with Gasteiger partial charge in [0.25, 0.3) is 0 Å². The molecule has 16 heavy (non-hydrogen) atoms. The molecule has 0 aromatic heterocycles. The summed E-state index contributed by atoms with van der Waals surface area (Å²) in [5.74, 6) is 0.0867. The highest BCUT2D eigenvalue weighted by atomic mass is 16.2. The Kier molecular flexibility index (Phi) is 7.60. The Morgan fingerprint density at radius 1 is 1.25 bits per heavy atom. The molecule has 0 aliphatic heterocycles. The zero-order chi connectivity index (χ0) is 12.6. The molecule has 0 aromatic carbocycles. The third-order valence-corrected chi connectivity index (χ3v) is 2.31. The predicted octanol–water partition coefficient (Wildman–Crippen LogP) is 1.54. The van der Waals surface area contributed by atoms with Crippen molar-refractivity contribution in [1.82, 2.24) is 4.90 Å². The number of primary amides is 1. The van der Waals surface area contributed by atoms with Crippen molar-refractivity contribution in [3.8, 4) is 0 Å². The predicted molar refractivity (Wildman–Crippen MR) is 64.8 cm³/mol. The van der Waals surface area contributed by atoms with Crippen LogP contribution in [0.1, 0.15) is 46.5 Å². The molecule has 4 heteroatoms. The molecule has 0 radical (unpaired) electrons. The molecule has 94 valence electrons. The van der Waals surface area contributed by atoms with E-state index in [2.05, 4.69) is 20.8 Å². The van der Waals surface area contributed by atoms with Crippen molar-refractivity contribution in [3.63, 3.8) is 0 Å². The maximum Gasteiger partial charge on any atom is 0.223 e. The van der Waals surface area contributed by atoms with Crippen LogP contribution in [0.4, 0.5) is 0 Å². The van der Waals surface area contributed by atoms with E-state index in [1.54, 1.807) is 0 Å². The van der Waals surface area contributed by atoms with Crippen LogP contribution in [0.5, 0.6) is 0 Å². The van der Waals surface area contributed by atoms with Crippen LogP contribution in [-0.2, 0) is 9.59 Å². The van der Waals surface area contributed by atoms with Crippen LogP contribution in [0.2, 0.25) is 0 Å². The summed E-state index contributed by atoms with van der Waals surface area (Å²) >= 11 is 0.